The number of aryl methyl sites for hydroxylation is 7. The number of benzene rings is 16. The second-order valence-electron chi connectivity index (χ2n) is 34.5. The molecule has 8 nitrogen and oxygen atoms in total. The zero-order valence-corrected chi connectivity index (χ0v) is 78.5. The third kappa shape index (κ3) is 19.6. The summed E-state index contributed by atoms with van der Waals surface area (Å²) in [6.45, 7) is 12.6. The van der Waals surface area contributed by atoms with E-state index in [-0.39, 0.29) is 0 Å². The van der Waals surface area contributed by atoms with Crippen LogP contribution in [0, 0.1) is 34.6 Å². The Labute approximate surface area is 791 Å². The molecule has 0 N–H and O–H groups in total. The van der Waals surface area contributed by atoms with E-state index in [4.69, 9.17) is 4.42 Å². The monoisotopic (exact) mass is 1910 g/mol. The molecule has 5 heterocycles. The lowest BCUT2D eigenvalue weighted by atomic mass is 10.1. The van der Waals surface area contributed by atoms with E-state index in [0.717, 1.165) is 161 Å². The Morgan fingerprint density at radius 3 is 0.920 bits per heavy atom. The fraction of sp³-hybridized carbons (Fsp3) is 0.150. The highest BCUT2D eigenvalue weighted by atomic mass is 32.1. The number of hydrogen-bond donors (Lipinski definition) is 0. The Bertz CT molecular complexity index is 7730. The molecule has 0 amide bonds. The van der Waals surface area contributed by atoms with Crippen molar-refractivity contribution in [2.75, 3.05) is 59.7 Å². The van der Waals surface area contributed by atoms with E-state index in [9.17, 15) is 65.9 Å². The largest absolute Gasteiger partial charge is 0.456 e. The third-order valence-electron chi connectivity index (χ3n) is 25.3. The van der Waals surface area contributed by atoms with Gasteiger partial charge in [-0.2, -0.15) is 65.9 Å². The SMILES string of the molecule is Cc1ccc2c(c1)oc1cc(N(C)c3ccc(C(F)(F)F)cc3)ccc12.Cc1ccc2c(c1)sc1cc(N(C)c3ccc(C(F)(F)F)cc3)ccc12.Cc1ccc2c3ccc(N(C)c4ccc(C(F)(F)F)cc4)cc3n(-c3ccccc3)c2c1.Cc1ccc2c3ccc(N(C)c4ccc(C(F)(F)F)cc4)cc3n(C)c2c1.Cc1ccc2c3ccc(N(C)c4ccc(C(F)(F)F)cc4)cc3p(C)c2c1. The fourth-order valence-electron chi connectivity index (χ4n) is 17.5. The maximum Gasteiger partial charge on any atom is 0.416 e. The molecule has 21 aromatic rings. The van der Waals surface area contributed by atoms with Gasteiger partial charge in [-0.15, -0.1) is 18.9 Å². The average molecular weight is 1910 g/mol. The molecule has 0 aliphatic carbocycles. The number of furan rings is 1. The summed E-state index contributed by atoms with van der Waals surface area (Å²) in [6.07, 6.45) is -21.6. The molecular formula is C113H91F15N7OPS. The van der Waals surface area contributed by atoms with Crippen LogP contribution in [-0.2, 0) is 44.6 Å². The van der Waals surface area contributed by atoms with Gasteiger partial charge in [0, 0.05) is 179 Å². The normalized spacial score (nSPS) is 12.2. The highest BCUT2D eigenvalue weighted by molar-refractivity contribution is 7.59. The topological polar surface area (TPSA) is 39.2 Å². The number of aromatic nitrogens is 2. The van der Waals surface area contributed by atoms with Gasteiger partial charge < -0.3 is 38.1 Å². The maximum atomic E-state index is 12.9. The Morgan fingerprint density at radius 2 is 0.507 bits per heavy atom. The van der Waals surface area contributed by atoms with Crippen LogP contribution in [-0.4, -0.2) is 44.4 Å². The van der Waals surface area contributed by atoms with Crippen LogP contribution in [0.5, 0.6) is 0 Å². The Hall–Kier alpha value is -14.6. The van der Waals surface area contributed by atoms with Gasteiger partial charge >= 0.3 is 30.9 Å². The van der Waals surface area contributed by atoms with Crippen LogP contribution in [0.25, 0.3) is 112 Å². The lowest BCUT2D eigenvalue weighted by Crippen LogP contribution is -2.10. The molecule has 0 radical (unpaired) electrons. The maximum absolute atomic E-state index is 12.9. The Kier molecular flexibility index (Phi) is 25.8. The highest BCUT2D eigenvalue weighted by Crippen LogP contribution is 2.50. The summed E-state index contributed by atoms with van der Waals surface area (Å²) in [5, 5.41) is 14.4. The minimum Gasteiger partial charge on any atom is -0.456 e. The van der Waals surface area contributed by atoms with Crippen molar-refractivity contribution in [2.24, 2.45) is 13.7 Å². The summed E-state index contributed by atoms with van der Waals surface area (Å²) in [4.78, 5) is 9.45. The lowest BCUT2D eigenvalue weighted by Gasteiger charge is -2.21. The van der Waals surface area contributed by atoms with Crippen molar-refractivity contribution in [1.29, 1.82) is 0 Å². The summed E-state index contributed by atoms with van der Waals surface area (Å²) in [5.41, 5.74) is 18.0. The molecule has 0 aliphatic rings. The Balaban J connectivity index is 0.000000120. The van der Waals surface area contributed by atoms with E-state index in [1.807, 2.05) is 153 Å². The molecular weight excluding hydrogens is 1820 g/mol. The molecule has 25 heteroatoms. The molecule has 0 saturated heterocycles. The van der Waals surface area contributed by atoms with Crippen molar-refractivity contribution in [1.82, 2.24) is 9.13 Å². The van der Waals surface area contributed by atoms with Crippen molar-refractivity contribution in [3.63, 3.8) is 0 Å². The predicted octanol–water partition coefficient (Wildman–Crippen LogP) is 35.7. The van der Waals surface area contributed by atoms with E-state index in [0.29, 0.717) is 22.7 Å². The standard InChI is InChI=1S/C27H21F3N2.C22H19F3N2.C22H19F3NP.C21H16F3NO.C21H16F3NS/c1-18-8-14-23-24-15-13-22(31(2)20-11-9-19(10-12-20)27(28,29)30)17-26(24)32(25(23)16-18)21-6-4-3-5-7-21;2*1-14-4-10-18-19-11-9-17(13-21(19)27(3)20(18)12-14)26(2)16-7-5-15(6-8-16)22(23,24)25;2*1-13-3-9-17-18-10-8-16(12-20(18)26-19(17)11-13)25(2)15-6-4-14(5-7-15)21(22,23)24/h3-17H,1-2H3;2*4-13H,1-3H3;2*3-12H,1-2H3. The third-order valence-corrected chi connectivity index (χ3v) is 28.6. The molecule has 1 atom stereocenters. The molecule has 0 spiro atoms. The number of hydrogen-bond acceptors (Lipinski definition) is 7. The summed E-state index contributed by atoms with van der Waals surface area (Å²) in [7, 11) is 10.9. The summed E-state index contributed by atoms with van der Waals surface area (Å²) in [6, 6.07) is 98.9. The minimum absolute atomic E-state index is 0.419. The van der Waals surface area contributed by atoms with Gasteiger partial charge in [0.1, 0.15) is 11.2 Å². The first kappa shape index (κ1) is 95.1. The van der Waals surface area contributed by atoms with Crippen molar-refractivity contribution in [2.45, 2.75) is 65.5 Å². The Morgan fingerprint density at radius 1 is 0.246 bits per heavy atom. The summed E-state index contributed by atoms with van der Waals surface area (Å²) >= 11 is 1.73. The number of fused-ring (bicyclic) bond motifs is 15. The van der Waals surface area contributed by atoms with Gasteiger partial charge in [0.2, 0.25) is 0 Å². The summed E-state index contributed by atoms with van der Waals surface area (Å²) in [5.74, 6) is 0. The van der Waals surface area contributed by atoms with Gasteiger partial charge in [0.25, 0.3) is 0 Å². The molecule has 0 aliphatic heterocycles. The van der Waals surface area contributed by atoms with Gasteiger partial charge in [-0.3, -0.25) is 0 Å². The van der Waals surface area contributed by atoms with Crippen LogP contribution >= 0.6 is 18.9 Å². The number of para-hydroxylation sites is 1. The van der Waals surface area contributed by atoms with Crippen LogP contribution in [0.15, 0.2) is 338 Å². The molecule has 0 bridgehead atoms. The lowest BCUT2D eigenvalue weighted by molar-refractivity contribution is -0.138. The first-order chi connectivity index (χ1) is 65.5. The number of thiophene rings is 1. The molecule has 5 aromatic heterocycles. The molecule has 0 saturated carbocycles. The van der Waals surface area contributed by atoms with E-state index in [2.05, 4.69) is 177 Å². The smallest absolute Gasteiger partial charge is 0.416 e. The second kappa shape index (κ2) is 37.5. The molecule has 0 fully saturated rings. The number of anilines is 10. The predicted molar refractivity (Wildman–Crippen MR) is 541 cm³/mol. The van der Waals surface area contributed by atoms with Gasteiger partial charge in [0.05, 0.1) is 44.4 Å². The number of halogens is 15. The van der Waals surface area contributed by atoms with E-state index < -0.39 is 66.2 Å². The van der Waals surface area contributed by atoms with E-state index in [1.54, 1.807) is 11.3 Å². The highest BCUT2D eigenvalue weighted by Gasteiger charge is 2.35. The number of alkyl halides is 15. The first-order valence-electron chi connectivity index (χ1n) is 44.0. The first-order valence-corrected chi connectivity index (χ1v) is 46.6. The zero-order chi connectivity index (χ0) is 98.1. The number of rotatable bonds is 11. The van der Waals surface area contributed by atoms with E-state index in [1.165, 1.54) is 135 Å². The van der Waals surface area contributed by atoms with Gasteiger partial charge in [-0.05, 0) is 299 Å². The molecule has 138 heavy (non-hydrogen) atoms. The van der Waals surface area contributed by atoms with Gasteiger partial charge in [0.15, 0.2) is 0 Å². The second-order valence-corrected chi connectivity index (χ2v) is 37.7. The fourth-order valence-corrected chi connectivity index (χ4v) is 20.8. The average Bonchev–Trinajstić information content (AvgIpc) is 1.59. The van der Waals surface area contributed by atoms with Crippen molar-refractivity contribution in [3.8, 4) is 5.69 Å². The molecule has 16 aromatic carbocycles. The van der Waals surface area contributed by atoms with E-state index >= 15 is 0 Å². The molecule has 700 valence electrons. The zero-order valence-electron chi connectivity index (χ0n) is 76.8. The molecule has 21 rings (SSSR count). The van der Waals surface area contributed by atoms with Gasteiger partial charge in [-0.25, -0.2) is 0 Å². The van der Waals surface area contributed by atoms with Crippen LogP contribution in [0.1, 0.15) is 55.6 Å². The quantitative estimate of drug-likeness (QED) is 0.120. The summed E-state index contributed by atoms with van der Waals surface area (Å²) < 4.78 is 205. The van der Waals surface area contributed by atoms with Crippen LogP contribution < -0.4 is 24.5 Å². The van der Waals surface area contributed by atoms with Crippen LogP contribution in [0.3, 0.4) is 0 Å². The van der Waals surface area contributed by atoms with Crippen LogP contribution in [0.2, 0.25) is 0 Å². The van der Waals surface area contributed by atoms with Gasteiger partial charge in [-0.1, -0.05) is 109 Å². The van der Waals surface area contributed by atoms with Crippen molar-refractivity contribution < 1.29 is 70.3 Å². The minimum atomic E-state index is -4.34. The number of nitrogens with zero attached hydrogens (tertiary/aromatic N) is 7. The van der Waals surface area contributed by atoms with Crippen molar-refractivity contribution in [3.05, 3.63) is 389 Å². The molecule has 1 unspecified atom stereocenters. The van der Waals surface area contributed by atoms with Crippen molar-refractivity contribution >= 4 is 182 Å². The van der Waals surface area contributed by atoms with Crippen LogP contribution in [0.4, 0.5) is 123 Å².